The van der Waals surface area contributed by atoms with Crippen molar-refractivity contribution in [1.82, 2.24) is 4.98 Å². The summed E-state index contributed by atoms with van der Waals surface area (Å²) in [5.74, 6) is -0.767. The minimum atomic E-state index is -0.522. The van der Waals surface area contributed by atoms with Crippen LogP contribution < -0.4 is 10.5 Å². The molecule has 1 N–H and O–H groups in total. The summed E-state index contributed by atoms with van der Waals surface area (Å²) in [5, 5.41) is 1.02. The third kappa shape index (κ3) is 3.98. The first-order valence-electron chi connectivity index (χ1n) is 9.37. The van der Waals surface area contributed by atoms with Crippen LogP contribution >= 0.6 is 11.6 Å². The minimum absolute atomic E-state index is 0.0803. The summed E-state index contributed by atoms with van der Waals surface area (Å²) in [6.07, 6.45) is 0. The highest BCUT2D eigenvalue weighted by atomic mass is 35.5. The van der Waals surface area contributed by atoms with Crippen molar-refractivity contribution in [3.05, 3.63) is 111 Å². The summed E-state index contributed by atoms with van der Waals surface area (Å²) in [6.45, 7) is 1.99. The van der Waals surface area contributed by atoms with Crippen molar-refractivity contribution in [3.63, 3.8) is 0 Å². The lowest BCUT2D eigenvalue weighted by Crippen LogP contribution is -2.31. The number of pyridine rings is 1. The maximum atomic E-state index is 14.3. The van der Waals surface area contributed by atoms with E-state index in [0.29, 0.717) is 27.2 Å². The zero-order valence-corrected chi connectivity index (χ0v) is 16.9. The summed E-state index contributed by atoms with van der Waals surface area (Å²) in [7, 11) is 0. The van der Waals surface area contributed by atoms with E-state index in [-0.39, 0.29) is 18.0 Å². The number of carbonyl (C=O) groups is 1. The summed E-state index contributed by atoms with van der Waals surface area (Å²) in [5.41, 5.74) is 2.27. The van der Waals surface area contributed by atoms with E-state index in [1.807, 2.05) is 19.1 Å². The molecule has 0 aliphatic heterocycles. The van der Waals surface area contributed by atoms with Gasteiger partial charge in [0.15, 0.2) is 0 Å². The normalized spacial score (nSPS) is 10.9. The molecule has 0 spiro atoms. The number of aromatic nitrogens is 1. The molecule has 0 bridgehead atoms. The molecule has 6 heteroatoms. The fourth-order valence-corrected chi connectivity index (χ4v) is 3.66. The third-order valence-electron chi connectivity index (χ3n) is 4.87. The molecular weight excluding hydrogens is 403 g/mol. The van der Waals surface area contributed by atoms with Crippen molar-refractivity contribution in [1.29, 1.82) is 0 Å². The second-order valence-electron chi connectivity index (χ2n) is 7.06. The largest absolute Gasteiger partial charge is 0.319 e. The van der Waals surface area contributed by atoms with Crippen LogP contribution in [0.15, 0.2) is 77.6 Å². The van der Waals surface area contributed by atoms with E-state index in [0.717, 1.165) is 5.56 Å². The Morgan fingerprint density at radius 2 is 1.80 bits per heavy atom. The van der Waals surface area contributed by atoms with E-state index in [2.05, 4.69) is 4.98 Å². The summed E-state index contributed by atoms with van der Waals surface area (Å²) >= 11 is 6.17. The van der Waals surface area contributed by atoms with Gasteiger partial charge in [-0.3, -0.25) is 9.59 Å². The molecule has 4 rings (SSSR count). The van der Waals surface area contributed by atoms with Gasteiger partial charge in [-0.1, -0.05) is 47.5 Å². The van der Waals surface area contributed by atoms with E-state index in [1.54, 1.807) is 53.4 Å². The SMILES string of the molecule is Cc1cccc(C(=O)N(Cc2cc(=O)[nH]c3c(F)cccc23)c2cccc(Cl)c2)c1. The Hall–Kier alpha value is -3.44. The van der Waals surface area contributed by atoms with E-state index in [4.69, 9.17) is 11.6 Å². The van der Waals surface area contributed by atoms with E-state index < -0.39 is 11.4 Å². The maximum Gasteiger partial charge on any atom is 0.258 e. The topological polar surface area (TPSA) is 53.2 Å². The summed E-state index contributed by atoms with van der Waals surface area (Å²) in [4.78, 5) is 29.7. The second kappa shape index (κ2) is 8.13. The van der Waals surface area contributed by atoms with Crippen molar-refractivity contribution in [3.8, 4) is 0 Å². The van der Waals surface area contributed by atoms with Gasteiger partial charge in [0.05, 0.1) is 12.1 Å². The highest BCUT2D eigenvalue weighted by Gasteiger charge is 2.20. The smallest absolute Gasteiger partial charge is 0.258 e. The van der Waals surface area contributed by atoms with Crippen molar-refractivity contribution in [2.24, 2.45) is 0 Å². The zero-order chi connectivity index (χ0) is 21.3. The monoisotopic (exact) mass is 420 g/mol. The Morgan fingerprint density at radius 1 is 1.03 bits per heavy atom. The molecule has 4 nitrogen and oxygen atoms in total. The van der Waals surface area contributed by atoms with Crippen molar-refractivity contribution in [2.75, 3.05) is 4.90 Å². The van der Waals surface area contributed by atoms with E-state index >= 15 is 0 Å². The van der Waals surface area contributed by atoms with Gasteiger partial charge in [0.1, 0.15) is 5.82 Å². The van der Waals surface area contributed by atoms with Gasteiger partial charge < -0.3 is 9.88 Å². The number of hydrogen-bond donors (Lipinski definition) is 1. The minimum Gasteiger partial charge on any atom is -0.319 e. The quantitative estimate of drug-likeness (QED) is 0.475. The molecule has 0 unspecified atom stereocenters. The van der Waals surface area contributed by atoms with Gasteiger partial charge in [0, 0.05) is 27.7 Å². The molecule has 3 aromatic carbocycles. The molecule has 0 saturated heterocycles. The molecule has 30 heavy (non-hydrogen) atoms. The van der Waals surface area contributed by atoms with Crippen LogP contribution in [0, 0.1) is 12.7 Å². The average Bonchev–Trinajstić information content (AvgIpc) is 2.72. The van der Waals surface area contributed by atoms with E-state index in [1.165, 1.54) is 12.1 Å². The molecular formula is C24H18ClFN2O2. The molecule has 150 valence electrons. The average molecular weight is 421 g/mol. The molecule has 0 radical (unpaired) electrons. The van der Waals surface area contributed by atoms with Gasteiger partial charge >= 0.3 is 0 Å². The van der Waals surface area contributed by atoms with Gasteiger partial charge in [-0.25, -0.2) is 4.39 Å². The lowest BCUT2D eigenvalue weighted by Gasteiger charge is -2.24. The number of hydrogen-bond acceptors (Lipinski definition) is 2. The Kier molecular flexibility index (Phi) is 5.38. The van der Waals surface area contributed by atoms with Gasteiger partial charge in [-0.2, -0.15) is 0 Å². The van der Waals surface area contributed by atoms with Crippen LogP contribution in [0.1, 0.15) is 21.5 Å². The first-order valence-corrected chi connectivity index (χ1v) is 9.75. The number of amides is 1. The molecule has 0 aliphatic rings. The number of carbonyl (C=O) groups excluding carboxylic acids is 1. The molecule has 1 amide bonds. The molecule has 0 fully saturated rings. The number of nitrogens with zero attached hydrogens (tertiary/aromatic N) is 1. The number of rotatable bonds is 4. The maximum absolute atomic E-state index is 14.3. The van der Waals surface area contributed by atoms with Crippen LogP contribution in [0.4, 0.5) is 10.1 Å². The Labute approximate surface area is 177 Å². The van der Waals surface area contributed by atoms with Gasteiger partial charge in [-0.05, 0) is 48.9 Å². The van der Waals surface area contributed by atoms with Gasteiger partial charge in [0.2, 0.25) is 5.56 Å². The van der Waals surface area contributed by atoms with Gasteiger partial charge in [-0.15, -0.1) is 0 Å². The number of para-hydroxylation sites is 1. The predicted octanol–water partition coefficient (Wildman–Crippen LogP) is 5.48. The fourth-order valence-electron chi connectivity index (χ4n) is 3.47. The van der Waals surface area contributed by atoms with Gasteiger partial charge in [0.25, 0.3) is 5.91 Å². The first kappa shape index (κ1) is 19.9. The number of aromatic amines is 1. The number of fused-ring (bicyclic) bond motifs is 1. The number of aryl methyl sites for hydroxylation is 1. The Bertz CT molecular complexity index is 1320. The molecule has 0 saturated carbocycles. The Morgan fingerprint density at radius 3 is 2.57 bits per heavy atom. The summed E-state index contributed by atoms with van der Waals surface area (Å²) in [6, 6.07) is 20.2. The highest BCUT2D eigenvalue weighted by molar-refractivity contribution is 6.31. The lowest BCUT2D eigenvalue weighted by molar-refractivity contribution is 0.0985. The lowest BCUT2D eigenvalue weighted by atomic mass is 10.1. The molecule has 4 aromatic rings. The number of benzene rings is 3. The molecule has 1 aromatic heterocycles. The van der Waals surface area contributed by atoms with Crippen molar-refractivity contribution in [2.45, 2.75) is 13.5 Å². The van der Waals surface area contributed by atoms with Crippen LogP contribution in [0.25, 0.3) is 10.9 Å². The van der Waals surface area contributed by atoms with Crippen LogP contribution in [-0.2, 0) is 6.54 Å². The highest BCUT2D eigenvalue weighted by Crippen LogP contribution is 2.26. The zero-order valence-electron chi connectivity index (χ0n) is 16.2. The van der Waals surface area contributed by atoms with Crippen molar-refractivity contribution >= 4 is 34.1 Å². The number of anilines is 1. The number of halogens is 2. The standard InChI is InChI=1S/C24H18ClFN2O2/c1-15-5-2-6-16(11-15)24(30)28(19-8-3-7-18(25)13-19)14-17-12-22(29)27-23-20(17)9-4-10-21(23)26/h2-13H,14H2,1H3,(H,27,29). The van der Waals surface area contributed by atoms with Crippen LogP contribution in [-0.4, -0.2) is 10.9 Å². The fraction of sp³-hybridized carbons (Fsp3) is 0.0833. The van der Waals surface area contributed by atoms with Crippen molar-refractivity contribution < 1.29 is 9.18 Å². The third-order valence-corrected chi connectivity index (χ3v) is 5.11. The number of nitrogens with one attached hydrogen (secondary N) is 1. The van der Waals surface area contributed by atoms with Crippen LogP contribution in [0.3, 0.4) is 0 Å². The molecule has 1 heterocycles. The van der Waals surface area contributed by atoms with Crippen LogP contribution in [0.5, 0.6) is 0 Å². The first-order chi connectivity index (χ1) is 14.4. The predicted molar refractivity (Wildman–Crippen MR) is 118 cm³/mol. The summed E-state index contributed by atoms with van der Waals surface area (Å²) < 4.78 is 14.3. The number of H-pyrrole nitrogens is 1. The molecule has 0 aliphatic carbocycles. The second-order valence-corrected chi connectivity index (χ2v) is 7.50. The van der Waals surface area contributed by atoms with Crippen LogP contribution in [0.2, 0.25) is 5.02 Å². The molecule has 0 atom stereocenters. The van der Waals surface area contributed by atoms with E-state index in [9.17, 15) is 14.0 Å². The Balaban J connectivity index is 1.85.